The highest BCUT2D eigenvalue weighted by atomic mass is 16.5. The van der Waals surface area contributed by atoms with Crippen LogP contribution in [0.5, 0.6) is 11.5 Å². The van der Waals surface area contributed by atoms with Crippen LogP contribution in [0.2, 0.25) is 0 Å². The first-order valence-electron chi connectivity index (χ1n) is 10.9. The highest BCUT2D eigenvalue weighted by Gasteiger charge is 2.11. The monoisotopic (exact) mass is 420 g/mol. The van der Waals surface area contributed by atoms with Crippen LogP contribution in [0.3, 0.4) is 0 Å². The molecule has 0 saturated heterocycles. The van der Waals surface area contributed by atoms with E-state index in [1.54, 1.807) is 25.3 Å². The van der Waals surface area contributed by atoms with Crippen LogP contribution in [-0.4, -0.2) is 19.6 Å². The average molecular weight is 421 g/mol. The number of ether oxygens (including phenoxy) is 2. The van der Waals surface area contributed by atoms with Gasteiger partial charge >= 0.3 is 0 Å². The van der Waals surface area contributed by atoms with Gasteiger partial charge in [0.25, 0.3) is 5.91 Å². The third-order valence-corrected chi connectivity index (χ3v) is 4.90. The van der Waals surface area contributed by atoms with Crippen molar-refractivity contribution in [2.24, 2.45) is 0 Å². The van der Waals surface area contributed by atoms with Gasteiger partial charge in [-0.3, -0.25) is 4.79 Å². The normalized spacial score (nSPS) is 11.0. The summed E-state index contributed by atoms with van der Waals surface area (Å²) >= 11 is 0. The number of carbonyl (C=O) groups excluding carboxylic acids is 1. The molecule has 0 aliphatic heterocycles. The summed E-state index contributed by atoms with van der Waals surface area (Å²) in [7, 11) is 1.58. The Morgan fingerprint density at radius 1 is 1.06 bits per heavy atom. The summed E-state index contributed by atoms with van der Waals surface area (Å²) in [6.45, 7) is 4.80. The predicted octanol–water partition coefficient (Wildman–Crippen LogP) is 6.29. The summed E-state index contributed by atoms with van der Waals surface area (Å²) in [5, 5.41) is 12.2. The number of unbranched alkanes of at least 4 members (excludes halogenated alkanes) is 5. The van der Waals surface area contributed by atoms with E-state index < -0.39 is 5.91 Å². The van der Waals surface area contributed by atoms with Crippen LogP contribution < -0.4 is 14.8 Å². The molecule has 0 heterocycles. The fourth-order valence-corrected chi connectivity index (χ4v) is 3.19. The zero-order valence-corrected chi connectivity index (χ0v) is 18.7. The van der Waals surface area contributed by atoms with Crippen LogP contribution in [-0.2, 0) is 4.79 Å². The second-order valence-corrected chi connectivity index (χ2v) is 7.52. The van der Waals surface area contributed by atoms with Crippen molar-refractivity contribution in [1.82, 2.24) is 0 Å². The van der Waals surface area contributed by atoms with Crippen LogP contribution in [0, 0.1) is 18.3 Å². The molecule has 1 N–H and O–H groups in total. The number of methoxy groups -OCH3 is 1. The molecule has 0 aromatic heterocycles. The van der Waals surface area contributed by atoms with Gasteiger partial charge in [0, 0.05) is 5.69 Å². The average Bonchev–Trinajstić information content (AvgIpc) is 2.77. The number of aryl methyl sites for hydroxylation is 1. The summed E-state index contributed by atoms with van der Waals surface area (Å²) in [5.41, 5.74) is 2.40. The summed E-state index contributed by atoms with van der Waals surface area (Å²) in [5.74, 6) is 0.794. The van der Waals surface area contributed by atoms with E-state index in [0.29, 0.717) is 29.4 Å². The molecular weight excluding hydrogens is 388 g/mol. The van der Waals surface area contributed by atoms with E-state index in [2.05, 4.69) is 12.2 Å². The molecule has 0 saturated carbocycles. The molecule has 0 atom stereocenters. The molecule has 0 aliphatic rings. The minimum absolute atomic E-state index is 0.0179. The highest BCUT2D eigenvalue weighted by Crippen LogP contribution is 2.29. The maximum atomic E-state index is 12.5. The molecular formula is C26H32N2O3. The molecule has 2 rings (SSSR count). The number of nitriles is 1. The quantitative estimate of drug-likeness (QED) is 0.249. The topological polar surface area (TPSA) is 71.3 Å². The Morgan fingerprint density at radius 2 is 1.84 bits per heavy atom. The second kappa shape index (κ2) is 13.1. The largest absolute Gasteiger partial charge is 0.493 e. The van der Waals surface area contributed by atoms with Crippen molar-refractivity contribution in [3.8, 4) is 17.6 Å². The smallest absolute Gasteiger partial charge is 0.266 e. The van der Waals surface area contributed by atoms with Crippen LogP contribution >= 0.6 is 0 Å². The Balaban J connectivity index is 2.00. The molecule has 31 heavy (non-hydrogen) atoms. The highest BCUT2D eigenvalue weighted by molar-refractivity contribution is 6.09. The fraction of sp³-hybridized carbons (Fsp3) is 0.385. The molecule has 5 nitrogen and oxygen atoms in total. The molecule has 2 aromatic rings. The van der Waals surface area contributed by atoms with Crippen molar-refractivity contribution >= 4 is 17.7 Å². The van der Waals surface area contributed by atoms with Crippen molar-refractivity contribution in [2.75, 3.05) is 19.0 Å². The molecule has 0 unspecified atom stereocenters. The number of carbonyl (C=O) groups is 1. The van der Waals surface area contributed by atoms with Gasteiger partial charge in [-0.05, 0) is 54.8 Å². The Hall–Kier alpha value is -3.26. The Kier molecular flexibility index (Phi) is 10.2. The lowest BCUT2D eigenvalue weighted by Crippen LogP contribution is -2.13. The lowest BCUT2D eigenvalue weighted by molar-refractivity contribution is -0.112. The van der Waals surface area contributed by atoms with Crippen LogP contribution in [0.25, 0.3) is 6.08 Å². The van der Waals surface area contributed by atoms with Gasteiger partial charge in [-0.15, -0.1) is 0 Å². The van der Waals surface area contributed by atoms with Crippen molar-refractivity contribution in [2.45, 2.75) is 52.4 Å². The molecule has 1 amide bonds. The molecule has 0 spiro atoms. The summed E-state index contributed by atoms with van der Waals surface area (Å²) < 4.78 is 11.3. The molecule has 0 radical (unpaired) electrons. The minimum Gasteiger partial charge on any atom is -0.493 e. The predicted molar refractivity (Wildman–Crippen MR) is 125 cm³/mol. The maximum absolute atomic E-state index is 12.5. The lowest BCUT2D eigenvalue weighted by atomic mass is 10.1. The number of hydrogen-bond donors (Lipinski definition) is 1. The van der Waals surface area contributed by atoms with Crippen LogP contribution in [0.4, 0.5) is 5.69 Å². The zero-order valence-electron chi connectivity index (χ0n) is 18.7. The number of nitrogens with zero attached hydrogens (tertiary/aromatic N) is 1. The van der Waals surface area contributed by atoms with Gasteiger partial charge in [0.1, 0.15) is 11.6 Å². The zero-order chi connectivity index (χ0) is 22.5. The first kappa shape index (κ1) is 24.0. The molecule has 2 aromatic carbocycles. The van der Waals surface area contributed by atoms with E-state index in [1.165, 1.54) is 25.7 Å². The van der Waals surface area contributed by atoms with Crippen LogP contribution in [0.1, 0.15) is 56.6 Å². The number of anilines is 1. The van der Waals surface area contributed by atoms with E-state index in [0.717, 1.165) is 18.4 Å². The van der Waals surface area contributed by atoms with Gasteiger partial charge in [0.15, 0.2) is 11.5 Å². The van der Waals surface area contributed by atoms with Crippen molar-refractivity contribution in [3.63, 3.8) is 0 Å². The number of rotatable bonds is 12. The van der Waals surface area contributed by atoms with E-state index in [9.17, 15) is 10.1 Å². The van der Waals surface area contributed by atoms with E-state index in [4.69, 9.17) is 9.47 Å². The first-order valence-corrected chi connectivity index (χ1v) is 10.9. The van der Waals surface area contributed by atoms with Gasteiger partial charge in [0.2, 0.25) is 0 Å². The summed E-state index contributed by atoms with van der Waals surface area (Å²) in [4.78, 5) is 12.5. The van der Waals surface area contributed by atoms with Crippen molar-refractivity contribution < 1.29 is 14.3 Å². The minimum atomic E-state index is -0.449. The molecule has 164 valence electrons. The Morgan fingerprint density at radius 3 is 2.55 bits per heavy atom. The number of amides is 1. The fourth-order valence-electron chi connectivity index (χ4n) is 3.19. The van der Waals surface area contributed by atoms with Gasteiger partial charge < -0.3 is 14.8 Å². The van der Waals surface area contributed by atoms with E-state index >= 15 is 0 Å². The Bertz CT molecular complexity index is 928. The number of hydrogen-bond acceptors (Lipinski definition) is 4. The molecule has 5 heteroatoms. The van der Waals surface area contributed by atoms with Gasteiger partial charge in [-0.1, -0.05) is 57.2 Å². The summed E-state index contributed by atoms with van der Waals surface area (Å²) in [6, 6.07) is 14.8. The van der Waals surface area contributed by atoms with Gasteiger partial charge in [0.05, 0.1) is 13.7 Å². The first-order chi connectivity index (χ1) is 15.1. The molecule has 0 bridgehead atoms. The maximum Gasteiger partial charge on any atom is 0.266 e. The van der Waals surface area contributed by atoms with Crippen molar-refractivity contribution in [3.05, 3.63) is 59.2 Å². The number of benzene rings is 2. The van der Waals surface area contributed by atoms with E-state index in [1.807, 2.05) is 43.3 Å². The third-order valence-electron chi connectivity index (χ3n) is 4.90. The third kappa shape index (κ3) is 8.18. The van der Waals surface area contributed by atoms with Crippen LogP contribution in [0.15, 0.2) is 48.0 Å². The van der Waals surface area contributed by atoms with E-state index in [-0.39, 0.29) is 5.57 Å². The lowest BCUT2D eigenvalue weighted by Gasteiger charge is -2.11. The Labute approximate surface area is 185 Å². The second-order valence-electron chi connectivity index (χ2n) is 7.52. The summed E-state index contributed by atoms with van der Waals surface area (Å²) in [6.07, 6.45) is 8.76. The standard InChI is InChI=1S/C26H32N2O3/c1-4-5-6-7-8-9-15-31-24-14-13-21(18-25(24)30-3)17-22(19-27)26(29)28-23-12-10-11-20(2)16-23/h10-14,16-18H,4-9,15H2,1-3H3,(H,28,29)/b22-17+. The van der Waals surface area contributed by atoms with Gasteiger partial charge in [-0.25, -0.2) is 0 Å². The SMILES string of the molecule is CCCCCCCCOc1ccc(/C=C(\C#N)C(=O)Nc2cccc(C)c2)cc1OC. The van der Waals surface area contributed by atoms with Crippen molar-refractivity contribution in [1.29, 1.82) is 5.26 Å². The number of nitrogens with one attached hydrogen (secondary N) is 1. The van der Waals surface area contributed by atoms with Gasteiger partial charge in [-0.2, -0.15) is 5.26 Å². The molecule has 0 aliphatic carbocycles. The molecule has 0 fully saturated rings.